The number of rotatable bonds is 7. The minimum absolute atomic E-state index is 0.0592. The molecule has 0 saturated carbocycles. The van der Waals surface area contributed by atoms with E-state index in [0.717, 1.165) is 46.7 Å². The van der Waals surface area contributed by atoms with Crippen molar-refractivity contribution in [3.8, 4) is 39.8 Å². The van der Waals surface area contributed by atoms with E-state index in [1.54, 1.807) is 39.5 Å². The van der Waals surface area contributed by atoms with Crippen molar-refractivity contribution in [2.24, 2.45) is 0 Å². The molecule has 0 aliphatic heterocycles. The Kier molecular flexibility index (Phi) is 15.4. The monoisotopic (exact) mass is 664 g/mol. The molecule has 46 heavy (non-hydrogen) atoms. The summed E-state index contributed by atoms with van der Waals surface area (Å²) in [5.74, 6) is 1.45. The van der Waals surface area contributed by atoms with Crippen molar-refractivity contribution in [1.82, 2.24) is 9.97 Å². The van der Waals surface area contributed by atoms with Gasteiger partial charge in [-0.05, 0) is 43.3 Å². The third-order valence-corrected chi connectivity index (χ3v) is 6.95. The highest BCUT2D eigenvalue weighted by molar-refractivity contribution is 7.14. The standard InChI is InChI=1S/C12H12N2O2S.C10H10N2OS.C9H10O2.C2H4O2/c1-8(15)13-12-14-11(7-17-12)9-4-3-5-10(6-9)16-2;1-13-8-4-2-3-7(5-8)9-6-14-10(11)12-9;1-7(10)8-4-3-5-9(6-8)11-2;1-2(3)4/h3-7H,1-2H3,(H,13,14,15);2-6H,1H3,(H2,11,12);3-6H,1-2H3;1H3,(H,3,4). The highest BCUT2D eigenvalue weighted by Crippen LogP contribution is 2.28. The zero-order chi connectivity index (χ0) is 34.1. The molecule has 11 nitrogen and oxygen atoms in total. The minimum Gasteiger partial charge on any atom is -0.497 e. The van der Waals surface area contributed by atoms with Gasteiger partial charge in [-0.25, -0.2) is 9.97 Å². The van der Waals surface area contributed by atoms with Crippen LogP contribution >= 0.6 is 22.7 Å². The molecule has 0 fully saturated rings. The number of thiazole rings is 2. The summed E-state index contributed by atoms with van der Waals surface area (Å²) in [5, 5.41) is 15.1. The van der Waals surface area contributed by atoms with Gasteiger partial charge in [-0.1, -0.05) is 36.4 Å². The first kappa shape index (κ1) is 36.9. The lowest BCUT2D eigenvalue weighted by atomic mass is 10.1. The number of nitrogens with zero attached hydrogens (tertiary/aromatic N) is 2. The van der Waals surface area contributed by atoms with E-state index in [9.17, 15) is 9.59 Å². The number of hydrogen-bond acceptors (Lipinski definition) is 11. The molecule has 4 N–H and O–H groups in total. The third-order valence-electron chi connectivity index (χ3n) is 5.52. The Balaban J connectivity index is 0.000000231. The van der Waals surface area contributed by atoms with Gasteiger partial charge < -0.3 is 30.4 Å². The number of benzene rings is 3. The maximum Gasteiger partial charge on any atom is 0.300 e. The van der Waals surface area contributed by atoms with Crippen LogP contribution in [0.3, 0.4) is 0 Å². The number of anilines is 2. The van der Waals surface area contributed by atoms with Gasteiger partial charge in [0.25, 0.3) is 5.97 Å². The predicted molar refractivity (Wildman–Crippen MR) is 183 cm³/mol. The average molecular weight is 665 g/mol. The van der Waals surface area contributed by atoms with E-state index in [0.29, 0.717) is 15.8 Å². The SMILES string of the molecule is CC(=O)O.COc1cccc(-c2csc(N)n2)c1.COc1cccc(-c2csc(NC(C)=O)n2)c1.COc1cccc(C(C)=O)c1. The molecule has 0 radical (unpaired) electrons. The molecule has 3 aromatic carbocycles. The van der Waals surface area contributed by atoms with Gasteiger partial charge in [-0.15, -0.1) is 22.7 Å². The number of nitrogens with one attached hydrogen (secondary N) is 1. The summed E-state index contributed by atoms with van der Waals surface area (Å²) in [6.45, 7) is 4.08. The summed E-state index contributed by atoms with van der Waals surface area (Å²) in [5.41, 5.74) is 9.97. The van der Waals surface area contributed by atoms with E-state index in [-0.39, 0.29) is 11.7 Å². The number of nitrogens with two attached hydrogens (primary N) is 1. The Hall–Kier alpha value is -5.27. The van der Waals surface area contributed by atoms with Crippen LogP contribution < -0.4 is 25.3 Å². The Morgan fingerprint density at radius 2 is 1.17 bits per heavy atom. The number of aliphatic carboxylic acids is 1. The molecule has 0 atom stereocenters. The van der Waals surface area contributed by atoms with Crippen LogP contribution in [0.4, 0.5) is 10.3 Å². The fraction of sp³-hybridized carbons (Fsp3) is 0.182. The molecule has 0 spiro atoms. The van der Waals surface area contributed by atoms with E-state index in [4.69, 9.17) is 29.8 Å². The minimum atomic E-state index is -0.833. The van der Waals surface area contributed by atoms with E-state index >= 15 is 0 Å². The Labute approximate surface area is 275 Å². The third kappa shape index (κ3) is 13.2. The number of Topliss-reactive ketones (excluding diaryl/α,β-unsaturated/α-hetero) is 1. The number of amides is 1. The number of hydrogen-bond donors (Lipinski definition) is 3. The molecular weight excluding hydrogens is 629 g/mol. The van der Waals surface area contributed by atoms with Gasteiger partial charge in [0.2, 0.25) is 5.91 Å². The maximum atomic E-state index is 10.9. The quantitative estimate of drug-likeness (QED) is 0.152. The summed E-state index contributed by atoms with van der Waals surface area (Å²) in [6, 6.07) is 22.5. The number of carboxylic acids is 1. The molecule has 0 aliphatic carbocycles. The number of carbonyl (C=O) groups is 3. The Morgan fingerprint density at radius 1 is 0.717 bits per heavy atom. The lowest BCUT2D eigenvalue weighted by Crippen LogP contribution is -2.04. The summed E-state index contributed by atoms with van der Waals surface area (Å²) in [7, 11) is 4.86. The first-order chi connectivity index (χ1) is 21.9. The first-order valence-corrected chi connectivity index (χ1v) is 15.3. The maximum absolute atomic E-state index is 10.9. The van der Waals surface area contributed by atoms with Gasteiger partial charge >= 0.3 is 0 Å². The smallest absolute Gasteiger partial charge is 0.300 e. The number of carbonyl (C=O) groups excluding carboxylic acids is 2. The number of methoxy groups -OCH3 is 3. The van der Waals surface area contributed by atoms with E-state index in [1.807, 2.05) is 65.4 Å². The van der Waals surface area contributed by atoms with Crippen molar-refractivity contribution in [1.29, 1.82) is 0 Å². The van der Waals surface area contributed by atoms with Gasteiger partial charge in [0.1, 0.15) is 17.2 Å². The molecular formula is C33H36N4O7S2. The van der Waals surface area contributed by atoms with Crippen molar-refractivity contribution in [2.75, 3.05) is 32.4 Å². The van der Waals surface area contributed by atoms with Crippen LogP contribution in [0.5, 0.6) is 17.2 Å². The molecule has 2 heterocycles. The van der Waals surface area contributed by atoms with Crippen LogP contribution in [0.2, 0.25) is 0 Å². The van der Waals surface area contributed by atoms with Gasteiger partial charge in [-0.2, -0.15) is 0 Å². The van der Waals surface area contributed by atoms with Gasteiger partial charge in [0, 0.05) is 41.3 Å². The van der Waals surface area contributed by atoms with Crippen molar-refractivity contribution in [3.05, 3.63) is 89.1 Å². The zero-order valence-electron chi connectivity index (χ0n) is 26.3. The highest BCUT2D eigenvalue weighted by Gasteiger charge is 2.06. The Bertz CT molecular complexity index is 1720. The second-order valence-corrected chi connectivity index (χ2v) is 10.8. The van der Waals surface area contributed by atoms with Crippen LogP contribution in [0.1, 0.15) is 31.1 Å². The van der Waals surface area contributed by atoms with Crippen molar-refractivity contribution in [3.63, 3.8) is 0 Å². The van der Waals surface area contributed by atoms with Gasteiger partial charge in [0.05, 0.1) is 32.7 Å². The topological polar surface area (TPSA) is 163 Å². The predicted octanol–water partition coefficient (Wildman–Crippen LogP) is 7.17. The van der Waals surface area contributed by atoms with Gasteiger partial charge in [0.15, 0.2) is 16.0 Å². The van der Waals surface area contributed by atoms with Crippen LogP contribution in [0.25, 0.3) is 22.5 Å². The van der Waals surface area contributed by atoms with Crippen LogP contribution in [-0.2, 0) is 9.59 Å². The van der Waals surface area contributed by atoms with Crippen molar-refractivity contribution < 1.29 is 33.7 Å². The number of carboxylic acid groups (broad SMARTS) is 1. The molecule has 0 unspecified atom stereocenters. The molecule has 2 aromatic heterocycles. The second kappa shape index (κ2) is 19.2. The van der Waals surface area contributed by atoms with E-state index < -0.39 is 5.97 Å². The molecule has 0 aliphatic rings. The van der Waals surface area contributed by atoms with Crippen LogP contribution in [0, 0.1) is 0 Å². The molecule has 1 amide bonds. The molecule has 5 aromatic rings. The number of ketones is 1. The summed E-state index contributed by atoms with van der Waals surface area (Å²) in [6.07, 6.45) is 0. The second-order valence-electron chi connectivity index (χ2n) is 9.06. The highest BCUT2D eigenvalue weighted by atomic mass is 32.1. The number of nitrogen functional groups attached to an aromatic ring is 1. The molecule has 5 rings (SSSR count). The number of aromatic nitrogens is 2. The summed E-state index contributed by atoms with van der Waals surface area (Å²) >= 11 is 2.84. The molecule has 0 saturated heterocycles. The fourth-order valence-electron chi connectivity index (χ4n) is 3.44. The normalized spacial score (nSPS) is 9.52. The van der Waals surface area contributed by atoms with Crippen LogP contribution in [-0.4, -0.2) is 54.1 Å². The number of ether oxygens (including phenoxy) is 3. The lowest BCUT2D eigenvalue weighted by Gasteiger charge is -2.01. The Morgan fingerprint density at radius 3 is 1.61 bits per heavy atom. The average Bonchev–Trinajstić information content (AvgIpc) is 3.70. The van der Waals surface area contributed by atoms with Crippen molar-refractivity contribution in [2.45, 2.75) is 20.8 Å². The lowest BCUT2D eigenvalue weighted by molar-refractivity contribution is -0.134. The van der Waals surface area contributed by atoms with Crippen molar-refractivity contribution >= 4 is 50.6 Å². The molecule has 13 heteroatoms. The summed E-state index contributed by atoms with van der Waals surface area (Å²) in [4.78, 5) is 39.3. The molecule has 242 valence electrons. The fourth-order valence-corrected chi connectivity index (χ4v) is 4.78. The van der Waals surface area contributed by atoms with Gasteiger partial charge in [-0.3, -0.25) is 14.4 Å². The zero-order valence-corrected chi connectivity index (χ0v) is 27.9. The van der Waals surface area contributed by atoms with E-state index in [1.165, 1.54) is 36.5 Å². The van der Waals surface area contributed by atoms with Crippen LogP contribution in [0.15, 0.2) is 83.6 Å². The first-order valence-electron chi connectivity index (χ1n) is 13.5. The van der Waals surface area contributed by atoms with E-state index in [2.05, 4.69) is 15.3 Å². The summed E-state index contributed by atoms with van der Waals surface area (Å²) < 4.78 is 15.2. The molecule has 0 bridgehead atoms. The largest absolute Gasteiger partial charge is 0.497 e.